The van der Waals surface area contributed by atoms with Gasteiger partial charge in [-0.2, -0.15) is 0 Å². The van der Waals surface area contributed by atoms with Crippen molar-refractivity contribution in [1.29, 1.82) is 0 Å². The maximum Gasteiger partial charge on any atom is 0.410 e. The van der Waals surface area contributed by atoms with Crippen molar-refractivity contribution in [1.82, 2.24) is 9.80 Å². The molecular formula is C22H44N2O2. The first kappa shape index (κ1) is 23.3. The van der Waals surface area contributed by atoms with E-state index in [1.165, 1.54) is 38.8 Å². The monoisotopic (exact) mass is 368 g/mol. The van der Waals surface area contributed by atoms with Gasteiger partial charge in [0.15, 0.2) is 0 Å². The van der Waals surface area contributed by atoms with Crippen LogP contribution in [-0.2, 0) is 4.74 Å². The lowest BCUT2D eigenvalue weighted by molar-refractivity contribution is 0.0690. The van der Waals surface area contributed by atoms with Crippen LogP contribution in [0.2, 0.25) is 0 Å². The molecule has 0 radical (unpaired) electrons. The summed E-state index contributed by atoms with van der Waals surface area (Å²) in [4.78, 5) is 15.1. The van der Waals surface area contributed by atoms with Gasteiger partial charge in [-0.1, -0.05) is 27.2 Å². The van der Waals surface area contributed by atoms with Crippen molar-refractivity contribution < 1.29 is 9.53 Å². The summed E-state index contributed by atoms with van der Waals surface area (Å²) in [7, 11) is 0. The Morgan fingerprint density at radius 3 is 1.42 bits per heavy atom. The van der Waals surface area contributed by atoms with Gasteiger partial charge in [-0.25, -0.2) is 4.79 Å². The van der Waals surface area contributed by atoms with E-state index in [0.29, 0.717) is 17.6 Å². The van der Waals surface area contributed by atoms with Crippen LogP contribution in [0.15, 0.2) is 0 Å². The summed E-state index contributed by atoms with van der Waals surface area (Å²) in [5.41, 5.74) is 0.935. The van der Waals surface area contributed by atoms with Crippen LogP contribution >= 0.6 is 0 Å². The van der Waals surface area contributed by atoms with Gasteiger partial charge in [-0.15, -0.1) is 0 Å². The highest BCUT2D eigenvalue weighted by atomic mass is 16.6. The second-order valence-corrected chi connectivity index (χ2v) is 10.9. The van der Waals surface area contributed by atoms with E-state index in [4.69, 9.17) is 4.74 Å². The largest absolute Gasteiger partial charge is 0.448 e. The van der Waals surface area contributed by atoms with E-state index in [2.05, 4.69) is 46.4 Å². The molecule has 0 aromatic carbocycles. The summed E-state index contributed by atoms with van der Waals surface area (Å²) in [5, 5.41) is 0. The molecule has 4 nitrogen and oxygen atoms in total. The van der Waals surface area contributed by atoms with E-state index in [1.807, 2.05) is 20.8 Å². The Labute approximate surface area is 162 Å². The van der Waals surface area contributed by atoms with Gasteiger partial charge in [0.2, 0.25) is 0 Å². The third kappa shape index (κ3) is 7.46. The molecule has 2 aliphatic heterocycles. The second kappa shape index (κ2) is 8.95. The van der Waals surface area contributed by atoms with Crippen molar-refractivity contribution in [2.45, 2.75) is 99.1 Å². The number of likely N-dealkylation sites (tertiary alicyclic amines) is 1. The minimum Gasteiger partial charge on any atom is -0.448 e. The SMILES string of the molecule is CC(C)(C)C1CCC1.CC(C)(C)N1CCC1.CC(C)(C)N1CCOC1=O. The van der Waals surface area contributed by atoms with Gasteiger partial charge in [0.05, 0.1) is 6.54 Å². The van der Waals surface area contributed by atoms with E-state index < -0.39 is 0 Å². The first-order chi connectivity index (χ1) is 11.7. The van der Waals surface area contributed by atoms with E-state index >= 15 is 0 Å². The average Bonchev–Trinajstić information content (AvgIpc) is 2.66. The van der Waals surface area contributed by atoms with Crippen LogP contribution in [0.4, 0.5) is 4.79 Å². The molecule has 0 aromatic heterocycles. The predicted octanol–water partition coefficient (Wildman–Crippen LogP) is 5.56. The molecule has 2 saturated heterocycles. The Hall–Kier alpha value is -0.770. The third-order valence-electron chi connectivity index (χ3n) is 5.71. The van der Waals surface area contributed by atoms with Gasteiger partial charge in [-0.05, 0) is 85.2 Å². The molecule has 0 spiro atoms. The average molecular weight is 369 g/mol. The molecule has 1 amide bonds. The number of hydrogen-bond donors (Lipinski definition) is 0. The number of carbonyl (C=O) groups is 1. The number of carbonyl (C=O) groups excluding carboxylic acids is 1. The Kier molecular flexibility index (Phi) is 8.01. The van der Waals surface area contributed by atoms with Gasteiger partial charge < -0.3 is 4.74 Å². The normalized spacial score (nSPS) is 21.6. The fourth-order valence-corrected chi connectivity index (χ4v) is 3.26. The first-order valence-corrected chi connectivity index (χ1v) is 10.4. The van der Waals surface area contributed by atoms with Crippen LogP contribution in [-0.4, -0.2) is 53.2 Å². The molecule has 0 aromatic rings. The summed E-state index contributed by atoms with van der Waals surface area (Å²) in [6.07, 6.45) is 5.64. The number of amides is 1. The van der Waals surface area contributed by atoms with Gasteiger partial charge in [-0.3, -0.25) is 9.80 Å². The van der Waals surface area contributed by atoms with Crippen molar-refractivity contribution in [2.24, 2.45) is 11.3 Å². The van der Waals surface area contributed by atoms with Crippen molar-refractivity contribution in [2.75, 3.05) is 26.2 Å². The maximum absolute atomic E-state index is 10.9. The lowest BCUT2D eigenvalue weighted by atomic mass is 9.69. The molecule has 0 unspecified atom stereocenters. The summed E-state index contributed by atoms with van der Waals surface area (Å²) in [6.45, 7) is 23.7. The minimum atomic E-state index is -0.187. The highest BCUT2D eigenvalue weighted by Gasteiger charge is 2.31. The number of hydrogen-bond acceptors (Lipinski definition) is 3. The molecule has 3 aliphatic rings. The molecular weight excluding hydrogens is 324 g/mol. The lowest BCUT2D eigenvalue weighted by Gasteiger charge is -2.42. The Morgan fingerprint density at radius 2 is 1.35 bits per heavy atom. The van der Waals surface area contributed by atoms with Crippen LogP contribution in [0.3, 0.4) is 0 Å². The van der Waals surface area contributed by atoms with Crippen LogP contribution in [0.1, 0.15) is 88.0 Å². The molecule has 0 bridgehead atoms. The molecule has 26 heavy (non-hydrogen) atoms. The van der Waals surface area contributed by atoms with E-state index in [1.54, 1.807) is 4.90 Å². The summed E-state index contributed by atoms with van der Waals surface area (Å²) < 4.78 is 4.78. The number of rotatable bonds is 0. The molecule has 2 heterocycles. The third-order valence-corrected chi connectivity index (χ3v) is 5.71. The van der Waals surface area contributed by atoms with E-state index in [-0.39, 0.29) is 11.6 Å². The van der Waals surface area contributed by atoms with Crippen LogP contribution in [0.25, 0.3) is 0 Å². The Balaban J connectivity index is 0.000000197. The molecule has 0 atom stereocenters. The maximum atomic E-state index is 10.9. The standard InChI is InChI=1S/C8H16.C7H13NO2.C7H15N/c1-8(2,3)7-5-4-6-7;1-7(2,3)8-4-5-10-6(8)9;1-7(2,3)8-5-4-6-8/h7H,4-6H2,1-3H3;4-5H2,1-3H3;4-6H2,1-3H3. The minimum absolute atomic E-state index is 0.0897. The molecule has 0 N–H and O–H groups in total. The smallest absolute Gasteiger partial charge is 0.410 e. The van der Waals surface area contributed by atoms with Crippen molar-refractivity contribution in [3.8, 4) is 0 Å². The van der Waals surface area contributed by atoms with E-state index in [9.17, 15) is 4.79 Å². The van der Waals surface area contributed by atoms with Crippen LogP contribution < -0.4 is 0 Å². The Morgan fingerprint density at radius 1 is 0.808 bits per heavy atom. The van der Waals surface area contributed by atoms with Crippen LogP contribution in [0, 0.1) is 11.3 Å². The predicted molar refractivity (Wildman–Crippen MR) is 111 cm³/mol. The zero-order valence-electron chi connectivity index (χ0n) is 18.9. The zero-order chi connectivity index (χ0) is 20.2. The highest BCUT2D eigenvalue weighted by molar-refractivity contribution is 5.70. The fraction of sp³-hybridized carbons (Fsp3) is 0.955. The quantitative estimate of drug-likeness (QED) is 0.561. The van der Waals surface area contributed by atoms with Gasteiger partial charge in [0, 0.05) is 11.1 Å². The number of cyclic esters (lactones) is 1. The molecule has 4 heteroatoms. The summed E-state index contributed by atoms with van der Waals surface area (Å²) >= 11 is 0. The Bertz CT molecular complexity index is 409. The first-order valence-electron chi connectivity index (χ1n) is 10.4. The van der Waals surface area contributed by atoms with Gasteiger partial charge in [0.1, 0.15) is 6.61 Å². The number of ether oxygens (including phenoxy) is 1. The summed E-state index contributed by atoms with van der Waals surface area (Å²) in [6, 6.07) is 0. The second-order valence-electron chi connectivity index (χ2n) is 10.9. The topological polar surface area (TPSA) is 32.8 Å². The van der Waals surface area contributed by atoms with Gasteiger partial charge >= 0.3 is 6.09 Å². The van der Waals surface area contributed by atoms with E-state index in [0.717, 1.165) is 12.5 Å². The van der Waals surface area contributed by atoms with Crippen molar-refractivity contribution >= 4 is 6.09 Å². The molecule has 3 fully saturated rings. The van der Waals surface area contributed by atoms with Crippen molar-refractivity contribution in [3.05, 3.63) is 0 Å². The number of nitrogens with zero attached hydrogens (tertiary/aromatic N) is 2. The zero-order valence-corrected chi connectivity index (χ0v) is 18.9. The fourth-order valence-electron chi connectivity index (χ4n) is 3.26. The molecule has 154 valence electrons. The van der Waals surface area contributed by atoms with Crippen LogP contribution in [0.5, 0.6) is 0 Å². The summed E-state index contributed by atoms with van der Waals surface area (Å²) in [5.74, 6) is 1.03. The molecule has 1 aliphatic carbocycles. The molecule has 1 saturated carbocycles. The van der Waals surface area contributed by atoms with Crippen molar-refractivity contribution in [3.63, 3.8) is 0 Å². The lowest BCUT2D eigenvalue weighted by Crippen LogP contribution is -2.49. The van der Waals surface area contributed by atoms with Gasteiger partial charge in [0.25, 0.3) is 0 Å². The highest BCUT2D eigenvalue weighted by Crippen LogP contribution is 2.40. The molecule has 3 rings (SSSR count).